The topological polar surface area (TPSA) is 92.5 Å². The lowest BCUT2D eigenvalue weighted by Gasteiger charge is -2.30. The van der Waals surface area contributed by atoms with Crippen molar-refractivity contribution in [3.8, 4) is 11.3 Å². The van der Waals surface area contributed by atoms with E-state index in [4.69, 9.17) is 16.0 Å². The van der Waals surface area contributed by atoms with Gasteiger partial charge in [-0.2, -0.15) is 0 Å². The fourth-order valence-corrected chi connectivity index (χ4v) is 6.11. The Morgan fingerprint density at radius 1 is 1.05 bits per heavy atom. The van der Waals surface area contributed by atoms with Gasteiger partial charge in [0.2, 0.25) is 0 Å². The minimum absolute atomic E-state index is 0.0550. The van der Waals surface area contributed by atoms with Crippen molar-refractivity contribution in [1.29, 1.82) is 0 Å². The second-order valence-corrected chi connectivity index (χ2v) is 12.2. The summed E-state index contributed by atoms with van der Waals surface area (Å²) in [6.07, 6.45) is 0. The molecule has 1 fully saturated rings. The Hall–Kier alpha value is -3.36. The van der Waals surface area contributed by atoms with E-state index in [0.717, 1.165) is 22.4 Å². The zero-order valence-electron chi connectivity index (χ0n) is 20.9. The number of halogens is 1. The van der Waals surface area contributed by atoms with Crippen molar-refractivity contribution in [2.45, 2.75) is 26.8 Å². The molecule has 37 heavy (non-hydrogen) atoms. The Balaban J connectivity index is 1.57. The van der Waals surface area contributed by atoms with E-state index in [2.05, 4.69) is 10.3 Å². The smallest absolute Gasteiger partial charge is 0.196 e. The van der Waals surface area contributed by atoms with Crippen LogP contribution in [0, 0.1) is 13.8 Å². The molecule has 1 aliphatic heterocycles. The highest BCUT2D eigenvalue weighted by Crippen LogP contribution is 2.34. The third-order valence-corrected chi connectivity index (χ3v) is 8.57. The third kappa shape index (κ3) is 5.08. The van der Waals surface area contributed by atoms with Crippen LogP contribution in [0.5, 0.6) is 0 Å². The van der Waals surface area contributed by atoms with Crippen molar-refractivity contribution in [3.05, 3.63) is 86.7 Å². The highest BCUT2D eigenvalue weighted by atomic mass is 35.5. The molecule has 1 aliphatic rings. The van der Waals surface area contributed by atoms with Crippen LogP contribution in [0.4, 0.5) is 11.5 Å². The van der Waals surface area contributed by atoms with E-state index in [0.29, 0.717) is 46.4 Å². The number of benzene rings is 2. The summed E-state index contributed by atoms with van der Waals surface area (Å²) in [6, 6.07) is 16.8. The number of sulfone groups is 1. The molecule has 1 saturated heterocycles. The molecule has 2 aromatic heterocycles. The molecule has 0 saturated carbocycles. The molecule has 9 heteroatoms. The van der Waals surface area contributed by atoms with E-state index in [1.54, 1.807) is 13.0 Å². The predicted molar refractivity (Wildman–Crippen MR) is 150 cm³/mol. The van der Waals surface area contributed by atoms with Crippen molar-refractivity contribution in [2.75, 3.05) is 34.8 Å². The minimum Gasteiger partial charge on any atom is -0.455 e. The lowest BCUT2D eigenvalue weighted by Crippen LogP contribution is -2.41. The normalized spacial score (nSPS) is 16.1. The Labute approximate surface area is 221 Å². The molecule has 1 N–H and O–H groups in total. The molecule has 7 nitrogen and oxygen atoms in total. The molecule has 192 valence electrons. The van der Waals surface area contributed by atoms with Gasteiger partial charge < -0.3 is 14.6 Å². The van der Waals surface area contributed by atoms with Gasteiger partial charge in [0.15, 0.2) is 21.1 Å². The van der Waals surface area contributed by atoms with Crippen molar-refractivity contribution >= 4 is 43.9 Å². The van der Waals surface area contributed by atoms with Gasteiger partial charge in [0.05, 0.1) is 28.6 Å². The lowest BCUT2D eigenvalue weighted by molar-refractivity contribution is 0.586. The summed E-state index contributed by atoms with van der Waals surface area (Å²) in [5, 5.41) is 4.38. The molecular weight excluding hydrogens is 510 g/mol. The van der Waals surface area contributed by atoms with Crippen molar-refractivity contribution < 1.29 is 12.8 Å². The van der Waals surface area contributed by atoms with Gasteiger partial charge in [0.25, 0.3) is 0 Å². The van der Waals surface area contributed by atoms with Crippen LogP contribution in [-0.2, 0) is 9.84 Å². The summed E-state index contributed by atoms with van der Waals surface area (Å²) in [5.74, 6) is 1.31. The second-order valence-electron chi connectivity index (χ2n) is 9.49. The van der Waals surface area contributed by atoms with E-state index < -0.39 is 9.84 Å². The van der Waals surface area contributed by atoms with Gasteiger partial charge in [-0.25, -0.2) is 13.4 Å². The summed E-state index contributed by atoms with van der Waals surface area (Å²) < 4.78 is 30.3. The molecule has 0 unspecified atom stereocenters. The first kappa shape index (κ1) is 25.3. The van der Waals surface area contributed by atoms with Gasteiger partial charge in [0, 0.05) is 29.8 Å². The number of nitrogens with one attached hydrogen (secondary N) is 1. The SMILES string of the molecule is Cc1cc([C@@H](C)Nc2ccc(Cl)nc2N2CCS(=O)(=O)CC2)c2oc(-c3ccccc3)c(C)c(=O)c2c1. The van der Waals surface area contributed by atoms with Crippen LogP contribution in [-0.4, -0.2) is 38.0 Å². The number of anilines is 2. The number of rotatable bonds is 5. The van der Waals surface area contributed by atoms with E-state index in [1.807, 2.05) is 67.3 Å². The highest BCUT2D eigenvalue weighted by molar-refractivity contribution is 7.91. The quantitative estimate of drug-likeness (QED) is 0.334. The van der Waals surface area contributed by atoms with Gasteiger partial charge in [0.1, 0.15) is 16.5 Å². The Morgan fingerprint density at radius 3 is 2.46 bits per heavy atom. The molecule has 5 rings (SSSR count). The summed E-state index contributed by atoms with van der Waals surface area (Å²) in [4.78, 5) is 19.8. The molecule has 0 spiro atoms. The van der Waals surface area contributed by atoms with Gasteiger partial charge >= 0.3 is 0 Å². The van der Waals surface area contributed by atoms with Crippen molar-refractivity contribution in [1.82, 2.24) is 4.98 Å². The number of aryl methyl sites for hydroxylation is 1. The average Bonchev–Trinajstić information content (AvgIpc) is 2.87. The number of pyridine rings is 1. The maximum absolute atomic E-state index is 13.4. The third-order valence-electron chi connectivity index (χ3n) is 6.75. The molecule has 0 aliphatic carbocycles. The second kappa shape index (κ2) is 9.84. The van der Waals surface area contributed by atoms with E-state index >= 15 is 0 Å². The number of hydrogen-bond donors (Lipinski definition) is 1. The van der Waals surface area contributed by atoms with E-state index in [-0.39, 0.29) is 23.0 Å². The number of hydrogen-bond acceptors (Lipinski definition) is 7. The molecule has 0 amide bonds. The van der Waals surface area contributed by atoms with Crippen LogP contribution in [0.3, 0.4) is 0 Å². The summed E-state index contributed by atoms with van der Waals surface area (Å²) in [7, 11) is -3.04. The summed E-state index contributed by atoms with van der Waals surface area (Å²) in [6.45, 7) is 6.44. The highest BCUT2D eigenvalue weighted by Gasteiger charge is 2.26. The summed E-state index contributed by atoms with van der Waals surface area (Å²) in [5.41, 5.74) is 4.41. The molecular formula is C28H28ClN3O4S. The van der Waals surface area contributed by atoms with Crippen LogP contribution in [0.2, 0.25) is 5.15 Å². The number of fused-ring (bicyclic) bond motifs is 1. The van der Waals surface area contributed by atoms with E-state index in [1.165, 1.54) is 0 Å². The maximum Gasteiger partial charge on any atom is 0.196 e. The maximum atomic E-state index is 13.4. The van der Waals surface area contributed by atoms with Crippen molar-refractivity contribution in [3.63, 3.8) is 0 Å². The van der Waals surface area contributed by atoms with Crippen LogP contribution in [0.15, 0.2) is 63.8 Å². The molecule has 3 heterocycles. The van der Waals surface area contributed by atoms with Crippen LogP contribution < -0.4 is 15.6 Å². The van der Waals surface area contributed by atoms with Gasteiger partial charge in [-0.3, -0.25) is 4.79 Å². The Bertz CT molecular complexity index is 1640. The Morgan fingerprint density at radius 2 is 1.76 bits per heavy atom. The number of nitrogens with zero attached hydrogens (tertiary/aromatic N) is 2. The minimum atomic E-state index is -3.04. The zero-order chi connectivity index (χ0) is 26.3. The Kier molecular flexibility index (Phi) is 6.72. The average molecular weight is 538 g/mol. The molecule has 0 radical (unpaired) electrons. The molecule has 4 aromatic rings. The first-order valence-corrected chi connectivity index (χ1v) is 14.3. The fourth-order valence-electron chi connectivity index (χ4n) is 4.77. The van der Waals surface area contributed by atoms with Crippen LogP contribution in [0.1, 0.15) is 29.7 Å². The van der Waals surface area contributed by atoms with Crippen LogP contribution in [0.25, 0.3) is 22.3 Å². The number of aromatic nitrogens is 1. The summed E-state index contributed by atoms with van der Waals surface area (Å²) >= 11 is 6.22. The first-order chi connectivity index (χ1) is 17.6. The van der Waals surface area contributed by atoms with Gasteiger partial charge in [-0.1, -0.05) is 48.0 Å². The first-order valence-electron chi connectivity index (χ1n) is 12.1. The molecule has 0 bridgehead atoms. The standard InChI is InChI=1S/C28H28ClN3O4S/c1-17-15-21(27-22(16-17)25(33)18(2)26(36-27)20-7-5-4-6-8-20)19(3)30-23-9-10-24(29)31-28(23)32-11-13-37(34,35)14-12-32/h4-10,15-16,19,30H,11-14H2,1-3H3/t19-/m1/s1. The fraction of sp³-hybridized carbons (Fsp3) is 0.286. The van der Waals surface area contributed by atoms with Crippen LogP contribution >= 0.6 is 11.6 Å². The molecule has 1 atom stereocenters. The van der Waals surface area contributed by atoms with Gasteiger partial charge in [-0.05, 0) is 44.5 Å². The monoisotopic (exact) mass is 537 g/mol. The predicted octanol–water partition coefficient (Wildman–Crippen LogP) is 5.53. The van der Waals surface area contributed by atoms with E-state index in [9.17, 15) is 13.2 Å². The molecule has 2 aromatic carbocycles. The zero-order valence-corrected chi connectivity index (χ0v) is 22.5. The largest absolute Gasteiger partial charge is 0.455 e. The van der Waals surface area contributed by atoms with Crippen molar-refractivity contribution in [2.24, 2.45) is 0 Å². The van der Waals surface area contributed by atoms with Gasteiger partial charge in [-0.15, -0.1) is 0 Å². The lowest BCUT2D eigenvalue weighted by atomic mass is 9.99.